The van der Waals surface area contributed by atoms with Gasteiger partial charge in [-0.2, -0.15) is 0 Å². The summed E-state index contributed by atoms with van der Waals surface area (Å²) >= 11 is 1.75. The molecule has 1 aromatic rings. The van der Waals surface area contributed by atoms with E-state index in [0.717, 1.165) is 19.4 Å². The van der Waals surface area contributed by atoms with E-state index in [-0.39, 0.29) is 11.6 Å². The van der Waals surface area contributed by atoms with Crippen LogP contribution in [-0.4, -0.2) is 12.2 Å². The normalized spacial score (nSPS) is 27.9. The van der Waals surface area contributed by atoms with Crippen molar-refractivity contribution in [2.75, 3.05) is 6.61 Å². The molecule has 0 saturated carbocycles. The molecule has 2 heterocycles. The van der Waals surface area contributed by atoms with Gasteiger partial charge in [-0.05, 0) is 50.1 Å². The molecule has 1 aliphatic rings. The molecule has 1 saturated heterocycles. The quantitative estimate of drug-likeness (QED) is 0.630. The van der Waals surface area contributed by atoms with Crippen molar-refractivity contribution in [2.24, 2.45) is 5.84 Å². The maximum absolute atomic E-state index is 5.96. The van der Waals surface area contributed by atoms with Gasteiger partial charge in [-0.25, -0.2) is 5.43 Å². The highest BCUT2D eigenvalue weighted by atomic mass is 32.1. The summed E-state index contributed by atoms with van der Waals surface area (Å²) < 4.78 is 5.96. The Morgan fingerprint density at radius 3 is 2.88 bits per heavy atom. The molecule has 0 aromatic carbocycles. The number of aryl methyl sites for hydroxylation is 1. The molecule has 0 radical (unpaired) electrons. The van der Waals surface area contributed by atoms with Gasteiger partial charge >= 0.3 is 0 Å². The fraction of sp³-hybridized carbons (Fsp3) is 0.667. The van der Waals surface area contributed by atoms with Gasteiger partial charge in [0.1, 0.15) is 0 Å². The van der Waals surface area contributed by atoms with Gasteiger partial charge < -0.3 is 4.74 Å². The van der Waals surface area contributed by atoms with Crippen LogP contribution in [-0.2, 0) is 4.74 Å². The van der Waals surface area contributed by atoms with Gasteiger partial charge in [0.2, 0.25) is 0 Å². The summed E-state index contributed by atoms with van der Waals surface area (Å²) in [5.74, 6) is 5.73. The lowest BCUT2D eigenvalue weighted by molar-refractivity contribution is -0.0892. The van der Waals surface area contributed by atoms with Gasteiger partial charge in [0.25, 0.3) is 0 Å². The highest BCUT2D eigenvalue weighted by Crippen LogP contribution is 2.39. The van der Waals surface area contributed by atoms with Gasteiger partial charge in [0, 0.05) is 11.5 Å². The molecule has 3 nitrogen and oxygen atoms in total. The third kappa shape index (κ3) is 2.15. The SMILES string of the molecule is Cc1ccsc1C(NN)C1(C)CCCCO1. The number of nitrogens with one attached hydrogen (secondary N) is 1. The molecule has 1 aromatic heterocycles. The number of ether oxygens (including phenoxy) is 1. The number of hydrogen-bond donors (Lipinski definition) is 2. The predicted molar refractivity (Wildman–Crippen MR) is 67.3 cm³/mol. The van der Waals surface area contributed by atoms with Crippen molar-refractivity contribution < 1.29 is 4.74 Å². The van der Waals surface area contributed by atoms with Crippen molar-refractivity contribution in [2.45, 2.75) is 44.8 Å². The van der Waals surface area contributed by atoms with Gasteiger partial charge in [0.05, 0.1) is 11.6 Å². The van der Waals surface area contributed by atoms with Gasteiger partial charge in [-0.3, -0.25) is 5.84 Å². The third-order valence-corrected chi connectivity index (χ3v) is 4.52. The van der Waals surface area contributed by atoms with Crippen molar-refractivity contribution in [3.8, 4) is 0 Å². The van der Waals surface area contributed by atoms with Crippen LogP contribution < -0.4 is 11.3 Å². The molecule has 0 aliphatic carbocycles. The van der Waals surface area contributed by atoms with E-state index in [9.17, 15) is 0 Å². The van der Waals surface area contributed by atoms with E-state index in [1.54, 1.807) is 11.3 Å². The van der Waals surface area contributed by atoms with E-state index >= 15 is 0 Å². The van der Waals surface area contributed by atoms with Crippen LogP contribution in [0.5, 0.6) is 0 Å². The van der Waals surface area contributed by atoms with Crippen LogP contribution in [0.25, 0.3) is 0 Å². The average molecular weight is 240 g/mol. The van der Waals surface area contributed by atoms with Crippen LogP contribution in [0.3, 0.4) is 0 Å². The zero-order valence-corrected chi connectivity index (χ0v) is 10.8. The Bertz CT molecular complexity index is 345. The van der Waals surface area contributed by atoms with Crippen molar-refractivity contribution in [3.05, 3.63) is 21.9 Å². The van der Waals surface area contributed by atoms with Crippen LogP contribution >= 0.6 is 11.3 Å². The minimum absolute atomic E-state index is 0.104. The number of hydrogen-bond acceptors (Lipinski definition) is 4. The zero-order chi connectivity index (χ0) is 11.6. The molecule has 90 valence electrons. The Morgan fingerprint density at radius 2 is 2.38 bits per heavy atom. The Labute approximate surface area is 101 Å². The van der Waals surface area contributed by atoms with E-state index in [1.165, 1.54) is 16.9 Å². The van der Waals surface area contributed by atoms with Gasteiger partial charge in [-0.1, -0.05) is 0 Å². The molecule has 2 atom stereocenters. The van der Waals surface area contributed by atoms with E-state index in [0.29, 0.717) is 0 Å². The first-order valence-corrected chi connectivity index (χ1v) is 6.69. The largest absolute Gasteiger partial charge is 0.373 e. The summed E-state index contributed by atoms with van der Waals surface area (Å²) in [6, 6.07) is 2.24. The number of hydrazine groups is 1. The predicted octanol–water partition coefficient (Wildman–Crippen LogP) is 2.52. The molecular formula is C12H20N2OS. The third-order valence-electron chi connectivity index (χ3n) is 3.44. The van der Waals surface area contributed by atoms with Crippen LogP contribution in [0, 0.1) is 6.92 Å². The van der Waals surface area contributed by atoms with Crippen LogP contribution in [0.15, 0.2) is 11.4 Å². The Balaban J connectivity index is 2.24. The maximum Gasteiger partial charge on any atom is 0.0869 e. The lowest BCUT2D eigenvalue weighted by Crippen LogP contribution is -2.48. The molecule has 3 N–H and O–H groups in total. The number of nitrogens with two attached hydrogens (primary N) is 1. The smallest absolute Gasteiger partial charge is 0.0869 e. The summed E-state index contributed by atoms with van der Waals surface area (Å²) in [6.45, 7) is 5.14. The second kappa shape index (κ2) is 4.84. The first kappa shape index (κ1) is 12.0. The standard InChI is InChI=1S/C12H20N2OS/c1-9-5-8-16-10(9)11(14-13)12(2)6-3-4-7-15-12/h5,8,11,14H,3-4,6-7,13H2,1-2H3. The minimum Gasteiger partial charge on any atom is -0.373 e. The Morgan fingerprint density at radius 1 is 1.56 bits per heavy atom. The summed E-state index contributed by atoms with van der Waals surface area (Å²) in [7, 11) is 0. The maximum atomic E-state index is 5.96. The van der Waals surface area contributed by atoms with Crippen LogP contribution in [0.1, 0.15) is 42.7 Å². The van der Waals surface area contributed by atoms with E-state index in [4.69, 9.17) is 10.6 Å². The molecule has 0 spiro atoms. The van der Waals surface area contributed by atoms with E-state index in [2.05, 4.69) is 30.7 Å². The fourth-order valence-corrected chi connectivity index (χ4v) is 3.52. The average Bonchev–Trinajstić information content (AvgIpc) is 2.67. The monoisotopic (exact) mass is 240 g/mol. The Hall–Kier alpha value is -0.420. The fourth-order valence-electron chi connectivity index (χ4n) is 2.39. The molecule has 2 unspecified atom stereocenters. The molecular weight excluding hydrogens is 220 g/mol. The highest BCUT2D eigenvalue weighted by Gasteiger charge is 2.38. The van der Waals surface area contributed by atoms with E-state index < -0.39 is 0 Å². The van der Waals surface area contributed by atoms with Gasteiger partial charge in [0.15, 0.2) is 0 Å². The highest BCUT2D eigenvalue weighted by molar-refractivity contribution is 7.10. The summed E-state index contributed by atoms with van der Waals surface area (Å²) in [5, 5.41) is 2.11. The van der Waals surface area contributed by atoms with Crippen LogP contribution in [0.2, 0.25) is 0 Å². The molecule has 16 heavy (non-hydrogen) atoms. The van der Waals surface area contributed by atoms with Gasteiger partial charge in [-0.15, -0.1) is 11.3 Å². The molecule has 2 rings (SSSR count). The second-order valence-corrected chi connectivity index (χ2v) is 5.63. The lowest BCUT2D eigenvalue weighted by Gasteiger charge is -2.40. The van der Waals surface area contributed by atoms with Crippen molar-refractivity contribution in [1.82, 2.24) is 5.43 Å². The van der Waals surface area contributed by atoms with Crippen molar-refractivity contribution >= 4 is 11.3 Å². The molecule has 0 bridgehead atoms. The van der Waals surface area contributed by atoms with E-state index in [1.807, 2.05) is 0 Å². The Kier molecular flexibility index (Phi) is 3.64. The van der Waals surface area contributed by atoms with Crippen molar-refractivity contribution in [1.29, 1.82) is 0 Å². The minimum atomic E-state index is -0.164. The number of rotatable bonds is 3. The first-order chi connectivity index (χ1) is 7.67. The second-order valence-electron chi connectivity index (χ2n) is 4.69. The molecule has 1 aliphatic heterocycles. The van der Waals surface area contributed by atoms with Crippen LogP contribution in [0.4, 0.5) is 0 Å². The summed E-state index contributed by atoms with van der Waals surface area (Å²) in [4.78, 5) is 1.30. The first-order valence-electron chi connectivity index (χ1n) is 5.81. The van der Waals surface area contributed by atoms with Crippen molar-refractivity contribution in [3.63, 3.8) is 0 Å². The number of thiophene rings is 1. The topological polar surface area (TPSA) is 47.3 Å². The zero-order valence-electron chi connectivity index (χ0n) is 9.95. The summed E-state index contributed by atoms with van der Waals surface area (Å²) in [6.07, 6.45) is 3.45. The molecule has 4 heteroatoms. The molecule has 0 amide bonds. The lowest BCUT2D eigenvalue weighted by atomic mass is 9.87. The molecule has 1 fully saturated rings. The summed E-state index contributed by atoms with van der Waals surface area (Å²) in [5.41, 5.74) is 4.07.